The van der Waals surface area contributed by atoms with Gasteiger partial charge in [-0.15, -0.1) is 0 Å². The maximum absolute atomic E-state index is 10.4. The molecule has 1 N–H and O–H groups in total. The molecule has 1 aliphatic carbocycles. The standard InChI is InChI=1S/C16H21BrO2/c1-2-11-5-7-16(8-6-11)10-14(18)13-4-3-12(17)9-15(13)19-16/h3-4,9,11,14,18H,2,5-8,10H2,1H3/t11?,14-,16?/m0/s1. The summed E-state index contributed by atoms with van der Waals surface area (Å²) in [5.74, 6) is 1.71. The first kappa shape index (κ1) is 13.4. The molecule has 2 nitrogen and oxygen atoms in total. The molecule has 1 atom stereocenters. The molecule has 19 heavy (non-hydrogen) atoms. The molecular weight excluding hydrogens is 304 g/mol. The van der Waals surface area contributed by atoms with Crippen LogP contribution in [0.25, 0.3) is 0 Å². The van der Waals surface area contributed by atoms with Crippen molar-refractivity contribution in [2.45, 2.75) is 57.2 Å². The first-order chi connectivity index (χ1) is 9.12. The number of benzene rings is 1. The predicted molar refractivity (Wildman–Crippen MR) is 79.3 cm³/mol. The highest BCUT2D eigenvalue weighted by atomic mass is 79.9. The van der Waals surface area contributed by atoms with Crippen LogP contribution in [0.3, 0.4) is 0 Å². The molecule has 104 valence electrons. The minimum atomic E-state index is -0.380. The lowest BCUT2D eigenvalue weighted by Gasteiger charge is -2.45. The Labute approximate surface area is 123 Å². The Balaban J connectivity index is 1.84. The molecule has 0 saturated heterocycles. The third-order valence-corrected chi connectivity index (χ3v) is 5.31. The van der Waals surface area contributed by atoms with E-state index in [-0.39, 0.29) is 11.7 Å². The number of rotatable bonds is 1. The molecule has 0 unspecified atom stereocenters. The fourth-order valence-corrected chi connectivity index (χ4v) is 3.87. The van der Waals surface area contributed by atoms with Gasteiger partial charge >= 0.3 is 0 Å². The molecule has 3 heteroatoms. The molecule has 1 heterocycles. The second kappa shape index (κ2) is 5.10. The van der Waals surface area contributed by atoms with Gasteiger partial charge in [-0.3, -0.25) is 0 Å². The molecule has 0 aromatic heterocycles. The van der Waals surface area contributed by atoms with Crippen molar-refractivity contribution in [3.63, 3.8) is 0 Å². The lowest BCUT2D eigenvalue weighted by molar-refractivity contribution is -0.0470. The number of halogens is 1. The van der Waals surface area contributed by atoms with Crippen molar-refractivity contribution >= 4 is 15.9 Å². The Hall–Kier alpha value is -0.540. The third-order valence-electron chi connectivity index (χ3n) is 4.82. The van der Waals surface area contributed by atoms with Gasteiger partial charge in [-0.05, 0) is 43.7 Å². The van der Waals surface area contributed by atoms with Gasteiger partial charge in [0.05, 0.1) is 6.10 Å². The van der Waals surface area contributed by atoms with Crippen molar-refractivity contribution in [2.24, 2.45) is 5.92 Å². The predicted octanol–water partition coefficient (Wildman–Crippen LogP) is 4.60. The molecule has 0 bridgehead atoms. The fraction of sp³-hybridized carbons (Fsp3) is 0.625. The van der Waals surface area contributed by atoms with E-state index in [9.17, 15) is 5.11 Å². The van der Waals surface area contributed by atoms with E-state index in [1.807, 2.05) is 18.2 Å². The summed E-state index contributed by atoms with van der Waals surface area (Å²) in [7, 11) is 0. The quantitative estimate of drug-likeness (QED) is 0.817. The maximum atomic E-state index is 10.4. The Morgan fingerprint density at radius 3 is 2.79 bits per heavy atom. The van der Waals surface area contributed by atoms with Crippen molar-refractivity contribution in [3.05, 3.63) is 28.2 Å². The molecule has 1 aromatic rings. The van der Waals surface area contributed by atoms with E-state index in [0.717, 1.165) is 41.0 Å². The van der Waals surface area contributed by atoms with Crippen molar-refractivity contribution in [1.29, 1.82) is 0 Å². The Kier molecular flexibility index (Phi) is 3.61. The van der Waals surface area contributed by atoms with Crippen LogP contribution in [0.1, 0.15) is 57.1 Å². The Morgan fingerprint density at radius 2 is 2.11 bits per heavy atom. The molecule has 1 spiro atoms. The molecule has 0 amide bonds. The monoisotopic (exact) mass is 324 g/mol. The zero-order valence-corrected chi connectivity index (χ0v) is 12.9. The molecule has 1 fully saturated rings. The van der Waals surface area contributed by atoms with E-state index >= 15 is 0 Å². The number of hydrogen-bond donors (Lipinski definition) is 1. The van der Waals surface area contributed by atoms with E-state index in [2.05, 4.69) is 22.9 Å². The summed E-state index contributed by atoms with van der Waals surface area (Å²) in [5, 5.41) is 10.4. The van der Waals surface area contributed by atoms with Crippen LogP contribution < -0.4 is 4.74 Å². The first-order valence-electron chi connectivity index (χ1n) is 7.28. The van der Waals surface area contributed by atoms with Gasteiger partial charge in [0.25, 0.3) is 0 Å². The summed E-state index contributed by atoms with van der Waals surface area (Å²) in [4.78, 5) is 0. The molecule has 1 aromatic carbocycles. The summed E-state index contributed by atoms with van der Waals surface area (Å²) in [6, 6.07) is 5.93. The summed E-state index contributed by atoms with van der Waals surface area (Å²) in [6.45, 7) is 2.27. The number of aliphatic hydroxyl groups is 1. The van der Waals surface area contributed by atoms with E-state index in [1.54, 1.807) is 0 Å². The van der Waals surface area contributed by atoms with Crippen molar-refractivity contribution in [3.8, 4) is 5.75 Å². The van der Waals surface area contributed by atoms with Gasteiger partial charge in [0, 0.05) is 16.5 Å². The van der Waals surface area contributed by atoms with Gasteiger partial charge in [0.15, 0.2) is 0 Å². The Morgan fingerprint density at radius 1 is 1.37 bits per heavy atom. The van der Waals surface area contributed by atoms with Crippen LogP contribution in [0.15, 0.2) is 22.7 Å². The zero-order chi connectivity index (χ0) is 13.5. The Bertz CT molecular complexity index is 464. The molecule has 3 rings (SSSR count). The lowest BCUT2D eigenvalue weighted by atomic mass is 9.73. The van der Waals surface area contributed by atoms with Gasteiger partial charge in [-0.2, -0.15) is 0 Å². The van der Waals surface area contributed by atoms with Crippen LogP contribution in [0, 0.1) is 5.92 Å². The summed E-state index contributed by atoms with van der Waals surface area (Å²) in [6.07, 6.45) is 6.25. The number of hydrogen-bond acceptors (Lipinski definition) is 2. The topological polar surface area (TPSA) is 29.5 Å². The van der Waals surface area contributed by atoms with Crippen LogP contribution in [-0.2, 0) is 0 Å². The molecule has 1 aliphatic heterocycles. The largest absolute Gasteiger partial charge is 0.487 e. The highest BCUT2D eigenvalue weighted by molar-refractivity contribution is 9.10. The van der Waals surface area contributed by atoms with Crippen molar-refractivity contribution < 1.29 is 9.84 Å². The highest BCUT2D eigenvalue weighted by Gasteiger charge is 2.42. The summed E-state index contributed by atoms with van der Waals surface area (Å²) in [5.41, 5.74) is 0.810. The minimum absolute atomic E-state index is 0.126. The van der Waals surface area contributed by atoms with E-state index < -0.39 is 0 Å². The van der Waals surface area contributed by atoms with Crippen LogP contribution in [0.5, 0.6) is 5.75 Å². The first-order valence-corrected chi connectivity index (χ1v) is 8.08. The van der Waals surface area contributed by atoms with Crippen molar-refractivity contribution in [2.75, 3.05) is 0 Å². The number of fused-ring (bicyclic) bond motifs is 1. The van der Waals surface area contributed by atoms with Gasteiger partial charge < -0.3 is 9.84 Å². The molecule has 0 radical (unpaired) electrons. The van der Waals surface area contributed by atoms with Gasteiger partial charge in [-0.1, -0.05) is 35.3 Å². The van der Waals surface area contributed by atoms with Gasteiger partial charge in [0.1, 0.15) is 11.4 Å². The smallest absolute Gasteiger partial charge is 0.127 e. The molecule has 2 aliphatic rings. The average molecular weight is 325 g/mol. The van der Waals surface area contributed by atoms with Crippen molar-refractivity contribution in [1.82, 2.24) is 0 Å². The number of aliphatic hydroxyl groups excluding tert-OH is 1. The fourth-order valence-electron chi connectivity index (χ4n) is 3.53. The SMILES string of the molecule is CCC1CCC2(CC1)C[C@H](O)c1ccc(Br)cc1O2. The zero-order valence-electron chi connectivity index (χ0n) is 11.4. The maximum Gasteiger partial charge on any atom is 0.127 e. The van der Waals surface area contributed by atoms with E-state index in [0.29, 0.717) is 0 Å². The lowest BCUT2D eigenvalue weighted by Crippen LogP contribution is -2.44. The van der Waals surface area contributed by atoms with Crippen LogP contribution in [-0.4, -0.2) is 10.7 Å². The normalized spacial score (nSPS) is 33.8. The van der Waals surface area contributed by atoms with Crippen LogP contribution in [0.2, 0.25) is 0 Å². The third kappa shape index (κ3) is 2.55. The van der Waals surface area contributed by atoms with E-state index in [4.69, 9.17) is 4.74 Å². The average Bonchev–Trinajstić information content (AvgIpc) is 2.39. The number of ether oxygens (including phenoxy) is 1. The van der Waals surface area contributed by atoms with E-state index in [1.165, 1.54) is 19.3 Å². The summed E-state index contributed by atoms with van der Waals surface area (Å²) < 4.78 is 7.33. The van der Waals surface area contributed by atoms with Crippen LogP contribution in [0.4, 0.5) is 0 Å². The van der Waals surface area contributed by atoms with Crippen LogP contribution >= 0.6 is 15.9 Å². The highest BCUT2D eigenvalue weighted by Crippen LogP contribution is 2.48. The minimum Gasteiger partial charge on any atom is -0.487 e. The second-order valence-corrected chi connectivity index (χ2v) is 6.95. The van der Waals surface area contributed by atoms with Gasteiger partial charge in [0.2, 0.25) is 0 Å². The second-order valence-electron chi connectivity index (χ2n) is 6.04. The molecule has 1 saturated carbocycles. The summed E-state index contributed by atoms with van der Waals surface area (Å²) >= 11 is 3.48. The van der Waals surface area contributed by atoms with Gasteiger partial charge in [-0.25, -0.2) is 0 Å². The molecular formula is C16H21BrO2.